The molecule has 11 heavy (non-hydrogen) atoms. The molecule has 1 rings (SSSR count). The van der Waals surface area contributed by atoms with E-state index in [1.807, 2.05) is 0 Å². The van der Waals surface area contributed by atoms with Crippen molar-refractivity contribution in [2.75, 3.05) is 6.54 Å². The molecular weight excluding hydrogens is 158 g/mol. The van der Waals surface area contributed by atoms with Crippen LogP contribution in [0.1, 0.15) is 39.0 Å². The molecule has 0 aliphatic heterocycles. The lowest BCUT2D eigenvalue weighted by Gasteiger charge is -2.25. The fourth-order valence-corrected chi connectivity index (χ4v) is 2.06. The Bertz CT molecular complexity index is 93.6. The van der Waals surface area contributed by atoms with Gasteiger partial charge in [-0.25, -0.2) is 0 Å². The standard InChI is InChI=1S/C9H19N.ClH/c1-8-3-2-4-9(7-8)5-6-10;/h8-9H,2-7,10H2,1H3;1H. The summed E-state index contributed by atoms with van der Waals surface area (Å²) in [5.41, 5.74) is 5.50. The second-order valence-electron chi connectivity index (χ2n) is 3.72. The Morgan fingerprint density at radius 1 is 1.36 bits per heavy atom. The molecule has 0 aromatic carbocycles. The fourth-order valence-electron chi connectivity index (χ4n) is 2.06. The van der Waals surface area contributed by atoms with Crippen LogP contribution < -0.4 is 5.73 Å². The molecule has 0 radical (unpaired) electrons. The van der Waals surface area contributed by atoms with Gasteiger partial charge in [-0.1, -0.05) is 26.2 Å². The maximum atomic E-state index is 5.50. The lowest BCUT2D eigenvalue weighted by Crippen LogP contribution is -2.16. The van der Waals surface area contributed by atoms with Gasteiger partial charge in [0.15, 0.2) is 0 Å². The Hall–Kier alpha value is 0.250. The molecular formula is C9H20ClN. The molecule has 2 heteroatoms. The van der Waals surface area contributed by atoms with E-state index in [1.54, 1.807) is 0 Å². The van der Waals surface area contributed by atoms with Crippen molar-refractivity contribution in [3.05, 3.63) is 0 Å². The smallest absolute Gasteiger partial charge is 0.00746 e. The van der Waals surface area contributed by atoms with Gasteiger partial charge < -0.3 is 5.73 Å². The minimum absolute atomic E-state index is 0. The van der Waals surface area contributed by atoms with Gasteiger partial charge in [0.2, 0.25) is 0 Å². The normalized spacial score (nSPS) is 31.1. The lowest BCUT2D eigenvalue weighted by atomic mass is 9.81. The highest BCUT2D eigenvalue weighted by atomic mass is 35.5. The average Bonchev–Trinajstić information content (AvgIpc) is 1.88. The van der Waals surface area contributed by atoms with Crippen molar-refractivity contribution < 1.29 is 0 Å². The zero-order chi connectivity index (χ0) is 7.40. The van der Waals surface area contributed by atoms with Crippen molar-refractivity contribution in [1.29, 1.82) is 0 Å². The lowest BCUT2D eigenvalue weighted by molar-refractivity contribution is 0.272. The van der Waals surface area contributed by atoms with E-state index in [1.165, 1.54) is 32.1 Å². The third-order valence-corrected chi connectivity index (χ3v) is 2.62. The van der Waals surface area contributed by atoms with Crippen LogP contribution in [0.4, 0.5) is 0 Å². The van der Waals surface area contributed by atoms with Crippen LogP contribution in [0.3, 0.4) is 0 Å². The molecule has 1 saturated carbocycles. The maximum absolute atomic E-state index is 5.50. The van der Waals surface area contributed by atoms with Gasteiger partial charge in [0.05, 0.1) is 0 Å². The predicted molar refractivity (Wildman–Crippen MR) is 52.0 cm³/mol. The van der Waals surface area contributed by atoms with Crippen molar-refractivity contribution in [3.8, 4) is 0 Å². The quantitative estimate of drug-likeness (QED) is 0.690. The molecule has 0 saturated heterocycles. The zero-order valence-electron chi connectivity index (χ0n) is 7.38. The molecule has 0 aromatic heterocycles. The summed E-state index contributed by atoms with van der Waals surface area (Å²) in [7, 11) is 0. The van der Waals surface area contributed by atoms with Crippen LogP contribution in [0.2, 0.25) is 0 Å². The Labute approximate surface area is 76.1 Å². The summed E-state index contributed by atoms with van der Waals surface area (Å²) in [5.74, 6) is 1.92. The van der Waals surface area contributed by atoms with Gasteiger partial charge in [0.1, 0.15) is 0 Å². The highest BCUT2D eigenvalue weighted by Crippen LogP contribution is 2.29. The molecule has 1 aliphatic carbocycles. The minimum atomic E-state index is 0. The molecule has 0 amide bonds. The molecule has 0 spiro atoms. The van der Waals surface area contributed by atoms with Gasteiger partial charge in [-0.3, -0.25) is 0 Å². The summed E-state index contributed by atoms with van der Waals surface area (Å²) < 4.78 is 0. The summed E-state index contributed by atoms with van der Waals surface area (Å²) in [5, 5.41) is 0. The van der Waals surface area contributed by atoms with E-state index in [0.29, 0.717) is 0 Å². The van der Waals surface area contributed by atoms with Crippen LogP contribution in [0.5, 0.6) is 0 Å². The molecule has 0 heterocycles. The van der Waals surface area contributed by atoms with Gasteiger partial charge >= 0.3 is 0 Å². The topological polar surface area (TPSA) is 26.0 Å². The summed E-state index contributed by atoms with van der Waals surface area (Å²) in [6.45, 7) is 3.25. The molecule has 2 unspecified atom stereocenters. The summed E-state index contributed by atoms with van der Waals surface area (Å²) in [4.78, 5) is 0. The Morgan fingerprint density at radius 2 is 2.09 bits per heavy atom. The SMILES string of the molecule is CC1CCCC(CCN)C1.Cl. The Morgan fingerprint density at radius 3 is 2.64 bits per heavy atom. The molecule has 68 valence electrons. The van der Waals surface area contributed by atoms with Gasteiger partial charge in [-0.2, -0.15) is 0 Å². The molecule has 1 aliphatic rings. The van der Waals surface area contributed by atoms with Crippen molar-refractivity contribution in [2.24, 2.45) is 17.6 Å². The van der Waals surface area contributed by atoms with E-state index in [0.717, 1.165) is 18.4 Å². The van der Waals surface area contributed by atoms with E-state index in [-0.39, 0.29) is 12.4 Å². The third kappa shape index (κ3) is 3.97. The zero-order valence-corrected chi connectivity index (χ0v) is 8.20. The largest absolute Gasteiger partial charge is 0.330 e. The maximum Gasteiger partial charge on any atom is -0.00746 e. The fraction of sp³-hybridized carbons (Fsp3) is 1.00. The van der Waals surface area contributed by atoms with Crippen LogP contribution in [0.15, 0.2) is 0 Å². The van der Waals surface area contributed by atoms with Crippen LogP contribution in [0, 0.1) is 11.8 Å². The van der Waals surface area contributed by atoms with Crippen LogP contribution in [0.25, 0.3) is 0 Å². The second-order valence-corrected chi connectivity index (χ2v) is 3.72. The first-order chi connectivity index (χ1) is 4.83. The van der Waals surface area contributed by atoms with Gasteiger partial charge in [-0.05, 0) is 31.2 Å². The first-order valence-electron chi connectivity index (χ1n) is 4.53. The van der Waals surface area contributed by atoms with E-state index >= 15 is 0 Å². The first kappa shape index (κ1) is 11.2. The van der Waals surface area contributed by atoms with Crippen molar-refractivity contribution >= 4 is 12.4 Å². The average molecular weight is 178 g/mol. The van der Waals surface area contributed by atoms with Crippen molar-refractivity contribution in [2.45, 2.75) is 39.0 Å². The number of hydrogen-bond donors (Lipinski definition) is 1. The van der Waals surface area contributed by atoms with Crippen molar-refractivity contribution in [3.63, 3.8) is 0 Å². The Kier molecular flexibility index (Phi) is 5.98. The molecule has 2 atom stereocenters. The molecule has 1 fully saturated rings. The monoisotopic (exact) mass is 177 g/mol. The third-order valence-electron chi connectivity index (χ3n) is 2.62. The van der Waals surface area contributed by atoms with Crippen molar-refractivity contribution in [1.82, 2.24) is 0 Å². The minimum Gasteiger partial charge on any atom is -0.330 e. The van der Waals surface area contributed by atoms with E-state index < -0.39 is 0 Å². The highest BCUT2D eigenvalue weighted by molar-refractivity contribution is 5.85. The summed E-state index contributed by atoms with van der Waals surface area (Å²) in [6, 6.07) is 0. The van der Waals surface area contributed by atoms with Gasteiger partial charge in [-0.15, -0.1) is 12.4 Å². The Balaban J connectivity index is 0.000001000. The van der Waals surface area contributed by atoms with Gasteiger partial charge in [0.25, 0.3) is 0 Å². The summed E-state index contributed by atoms with van der Waals surface area (Å²) >= 11 is 0. The second kappa shape index (κ2) is 5.84. The highest BCUT2D eigenvalue weighted by Gasteiger charge is 2.17. The van der Waals surface area contributed by atoms with Crippen LogP contribution in [-0.2, 0) is 0 Å². The number of hydrogen-bond acceptors (Lipinski definition) is 1. The van der Waals surface area contributed by atoms with E-state index in [4.69, 9.17) is 5.73 Å². The van der Waals surface area contributed by atoms with Crippen LogP contribution >= 0.6 is 12.4 Å². The number of halogens is 1. The number of rotatable bonds is 2. The predicted octanol–water partition coefficient (Wildman–Crippen LogP) is 2.58. The van der Waals surface area contributed by atoms with E-state index in [9.17, 15) is 0 Å². The summed E-state index contributed by atoms with van der Waals surface area (Å²) in [6.07, 6.45) is 7.00. The number of nitrogens with two attached hydrogens (primary N) is 1. The first-order valence-corrected chi connectivity index (χ1v) is 4.53. The van der Waals surface area contributed by atoms with E-state index in [2.05, 4.69) is 6.92 Å². The van der Waals surface area contributed by atoms with Gasteiger partial charge in [0, 0.05) is 0 Å². The molecule has 0 aromatic rings. The molecule has 1 nitrogen and oxygen atoms in total. The van der Waals surface area contributed by atoms with Crippen LogP contribution in [-0.4, -0.2) is 6.54 Å². The molecule has 2 N–H and O–H groups in total. The molecule has 0 bridgehead atoms.